The maximum atomic E-state index is 11.3. The average molecular weight is 403 g/mol. The van der Waals surface area contributed by atoms with Gasteiger partial charge in [0.1, 0.15) is 6.61 Å². The first-order chi connectivity index (χ1) is 10.9. The molecule has 0 aromatic carbocycles. The van der Waals surface area contributed by atoms with E-state index in [0.29, 0.717) is 37.7 Å². The minimum Gasteiger partial charge on any atom is -0.748 e. The van der Waals surface area contributed by atoms with Gasteiger partial charge in [0.05, 0.1) is 22.0 Å². The van der Waals surface area contributed by atoms with Gasteiger partial charge in [-0.05, 0) is 25.2 Å². The Morgan fingerprint density at radius 1 is 1.29 bits per heavy atom. The molecule has 0 amide bonds. The summed E-state index contributed by atoms with van der Waals surface area (Å²) in [5.41, 5.74) is 0. The Balaban J connectivity index is 0.00000288. The van der Waals surface area contributed by atoms with E-state index in [2.05, 4.69) is 0 Å². The van der Waals surface area contributed by atoms with E-state index >= 15 is 0 Å². The second-order valence-corrected chi connectivity index (χ2v) is 8.50. The van der Waals surface area contributed by atoms with Crippen LogP contribution in [0.3, 0.4) is 0 Å². The van der Waals surface area contributed by atoms with Gasteiger partial charge in [0.15, 0.2) is 17.6 Å². The summed E-state index contributed by atoms with van der Waals surface area (Å²) >= 11 is 1.51. The molecule has 0 radical (unpaired) electrons. The Labute approximate surface area is 190 Å². The van der Waals surface area contributed by atoms with Gasteiger partial charge in [0.2, 0.25) is 0 Å². The van der Waals surface area contributed by atoms with Crippen molar-refractivity contribution in [3.05, 3.63) is 10.8 Å². The molecule has 2 unspecified atom stereocenters. The third-order valence-corrected chi connectivity index (χ3v) is 5.66. The minimum atomic E-state index is -4.28. The molecule has 0 N–H and O–H groups in total. The number of hydrogen-bond acceptors (Lipinski definition) is 7. The molecule has 0 fully saturated rings. The van der Waals surface area contributed by atoms with Gasteiger partial charge in [-0.3, -0.25) is 0 Å². The molecule has 0 saturated carbocycles. The number of thiophene rings is 1. The van der Waals surface area contributed by atoms with Crippen molar-refractivity contribution in [1.29, 1.82) is 0 Å². The Morgan fingerprint density at radius 2 is 2.00 bits per heavy atom. The van der Waals surface area contributed by atoms with Crippen molar-refractivity contribution < 1.29 is 78.6 Å². The predicted molar refractivity (Wildman–Crippen MR) is 87.2 cm³/mol. The van der Waals surface area contributed by atoms with Crippen molar-refractivity contribution in [3.8, 4) is 11.5 Å². The SMILES string of the molecule is CC(C)CCC(CCOCC1COc2cscc2O1)S(=O)(=O)[O-].[K+]. The van der Waals surface area contributed by atoms with Crippen LogP contribution in [0.1, 0.15) is 33.1 Å². The fourth-order valence-electron chi connectivity index (χ4n) is 2.33. The van der Waals surface area contributed by atoms with Crippen LogP contribution >= 0.6 is 11.3 Å². The summed E-state index contributed by atoms with van der Waals surface area (Å²) in [6.07, 6.45) is 1.10. The maximum absolute atomic E-state index is 11.3. The van der Waals surface area contributed by atoms with Crippen LogP contribution in [0.5, 0.6) is 11.5 Å². The molecule has 132 valence electrons. The van der Waals surface area contributed by atoms with Gasteiger partial charge in [0, 0.05) is 17.4 Å². The zero-order valence-electron chi connectivity index (χ0n) is 14.4. The predicted octanol–water partition coefficient (Wildman–Crippen LogP) is -0.351. The van der Waals surface area contributed by atoms with Crippen LogP contribution < -0.4 is 60.9 Å². The van der Waals surface area contributed by atoms with Crippen LogP contribution in [0, 0.1) is 5.92 Å². The van der Waals surface area contributed by atoms with E-state index in [9.17, 15) is 13.0 Å². The van der Waals surface area contributed by atoms with Crippen LogP contribution in [-0.4, -0.2) is 44.1 Å². The van der Waals surface area contributed by atoms with E-state index in [0.717, 1.165) is 5.75 Å². The Hall–Kier alpha value is 0.806. The largest absolute Gasteiger partial charge is 1.00 e. The average Bonchev–Trinajstić information content (AvgIpc) is 2.92. The van der Waals surface area contributed by atoms with Gasteiger partial charge in [-0.2, -0.15) is 0 Å². The second-order valence-electron chi connectivity index (χ2n) is 6.10. The van der Waals surface area contributed by atoms with E-state index in [1.54, 1.807) is 0 Å². The smallest absolute Gasteiger partial charge is 0.748 e. The van der Waals surface area contributed by atoms with E-state index < -0.39 is 15.4 Å². The fraction of sp³-hybridized carbons (Fsp3) is 0.733. The van der Waals surface area contributed by atoms with Crippen molar-refractivity contribution in [2.45, 2.75) is 44.5 Å². The van der Waals surface area contributed by atoms with Crippen molar-refractivity contribution in [2.24, 2.45) is 5.92 Å². The number of rotatable bonds is 9. The van der Waals surface area contributed by atoms with E-state index in [1.165, 1.54) is 11.3 Å². The third-order valence-electron chi connectivity index (χ3n) is 3.67. The van der Waals surface area contributed by atoms with Gasteiger partial charge in [0.25, 0.3) is 0 Å². The topological polar surface area (TPSA) is 84.9 Å². The van der Waals surface area contributed by atoms with Crippen molar-refractivity contribution in [1.82, 2.24) is 0 Å². The van der Waals surface area contributed by atoms with Gasteiger partial charge >= 0.3 is 51.4 Å². The zero-order chi connectivity index (χ0) is 16.9. The Bertz CT molecular complexity index is 587. The molecule has 1 aliphatic heterocycles. The van der Waals surface area contributed by atoms with Crippen molar-refractivity contribution >= 4 is 21.5 Å². The third kappa shape index (κ3) is 7.59. The summed E-state index contributed by atoms with van der Waals surface area (Å²) in [7, 11) is -4.28. The van der Waals surface area contributed by atoms with Crippen molar-refractivity contribution in [2.75, 3.05) is 19.8 Å². The van der Waals surface area contributed by atoms with Crippen LogP contribution in [0.25, 0.3) is 0 Å². The first-order valence-corrected chi connectivity index (χ1v) is 10.2. The number of ether oxygens (including phenoxy) is 3. The molecule has 6 nitrogen and oxygen atoms in total. The Morgan fingerprint density at radius 3 is 2.67 bits per heavy atom. The molecule has 1 aromatic heterocycles. The molecule has 0 spiro atoms. The molecule has 0 bridgehead atoms. The fourth-order valence-corrected chi connectivity index (χ4v) is 3.81. The Kier molecular flexibility index (Phi) is 10.3. The molecular formula is C15H23KO6S2. The number of hydrogen-bond donors (Lipinski definition) is 0. The first kappa shape index (κ1) is 22.8. The van der Waals surface area contributed by atoms with Crippen LogP contribution in [0.15, 0.2) is 10.8 Å². The molecular weight excluding hydrogens is 379 g/mol. The standard InChI is InChI=1S/C15H24O6S2.K/c1-11(2)3-4-13(23(16,17)18)5-6-19-7-12-8-20-14-9-22-10-15(14)21-12;/h9-13H,3-8H2,1-2H3,(H,16,17,18);/q;+1/p-1. The first-order valence-electron chi connectivity index (χ1n) is 7.74. The molecule has 2 rings (SSSR count). The van der Waals surface area contributed by atoms with Crippen LogP contribution in [0.4, 0.5) is 0 Å². The summed E-state index contributed by atoms with van der Waals surface area (Å²) in [5, 5.41) is 2.87. The normalized spacial score (nSPS) is 18.2. The van der Waals surface area contributed by atoms with E-state index in [-0.39, 0.29) is 70.5 Å². The minimum absolute atomic E-state index is 0. The quantitative estimate of drug-likeness (QED) is 0.319. The second kappa shape index (κ2) is 10.8. The van der Waals surface area contributed by atoms with Gasteiger partial charge in [-0.1, -0.05) is 13.8 Å². The molecule has 2 atom stereocenters. The molecule has 2 heterocycles. The monoisotopic (exact) mass is 402 g/mol. The number of fused-ring (bicyclic) bond motifs is 1. The molecule has 0 saturated heterocycles. The van der Waals surface area contributed by atoms with Crippen LogP contribution in [0.2, 0.25) is 0 Å². The summed E-state index contributed by atoms with van der Waals surface area (Å²) in [6.45, 7) is 4.94. The van der Waals surface area contributed by atoms with E-state index in [1.807, 2.05) is 24.6 Å². The summed E-state index contributed by atoms with van der Waals surface area (Å²) in [5.74, 6) is 1.83. The summed E-state index contributed by atoms with van der Waals surface area (Å²) in [6, 6.07) is 0. The zero-order valence-corrected chi connectivity index (χ0v) is 19.2. The van der Waals surface area contributed by atoms with Crippen molar-refractivity contribution in [3.63, 3.8) is 0 Å². The molecule has 0 aliphatic carbocycles. The molecule has 1 aromatic rings. The van der Waals surface area contributed by atoms with Gasteiger partial charge in [-0.15, -0.1) is 11.3 Å². The molecule has 24 heavy (non-hydrogen) atoms. The summed E-state index contributed by atoms with van der Waals surface area (Å²) < 4.78 is 50.6. The summed E-state index contributed by atoms with van der Waals surface area (Å²) in [4.78, 5) is 0. The molecule has 9 heteroatoms. The maximum Gasteiger partial charge on any atom is 1.00 e. The van der Waals surface area contributed by atoms with Crippen LogP contribution in [-0.2, 0) is 14.9 Å². The van der Waals surface area contributed by atoms with Gasteiger partial charge in [-0.25, -0.2) is 8.42 Å². The van der Waals surface area contributed by atoms with E-state index in [4.69, 9.17) is 14.2 Å². The molecule has 1 aliphatic rings. The van der Waals surface area contributed by atoms with Gasteiger partial charge < -0.3 is 18.8 Å².